The highest BCUT2D eigenvalue weighted by molar-refractivity contribution is 5.57. The molecular weight excluding hydrogens is 240 g/mol. The van der Waals surface area contributed by atoms with Gasteiger partial charge in [-0.1, -0.05) is 6.92 Å². The Kier molecular flexibility index (Phi) is 4.96. The fraction of sp³-hybridized carbons (Fsp3) is 0.714. The van der Waals surface area contributed by atoms with E-state index in [4.69, 9.17) is 4.74 Å². The van der Waals surface area contributed by atoms with E-state index in [-0.39, 0.29) is 0 Å². The van der Waals surface area contributed by atoms with Crippen molar-refractivity contribution >= 4 is 11.6 Å². The lowest BCUT2D eigenvalue weighted by Crippen LogP contribution is -2.30. The molecule has 1 aliphatic rings. The van der Waals surface area contributed by atoms with Crippen molar-refractivity contribution < 1.29 is 4.74 Å². The molecule has 0 bridgehead atoms. The SMILES string of the molecule is CCCNc1ncnc(N(C)CC2CCCO2)c1C. The van der Waals surface area contributed by atoms with Crippen LogP contribution in [0.5, 0.6) is 0 Å². The second-order valence-corrected chi connectivity index (χ2v) is 5.11. The largest absolute Gasteiger partial charge is 0.376 e. The van der Waals surface area contributed by atoms with Crippen molar-refractivity contribution in [3.8, 4) is 0 Å². The Morgan fingerprint density at radius 2 is 2.32 bits per heavy atom. The van der Waals surface area contributed by atoms with Crippen molar-refractivity contribution in [2.24, 2.45) is 0 Å². The second-order valence-electron chi connectivity index (χ2n) is 5.11. The van der Waals surface area contributed by atoms with Gasteiger partial charge in [-0.05, 0) is 26.2 Å². The molecular formula is C14H24N4O. The number of likely N-dealkylation sites (N-methyl/N-ethyl adjacent to an activating group) is 1. The van der Waals surface area contributed by atoms with Gasteiger partial charge in [-0.2, -0.15) is 0 Å². The summed E-state index contributed by atoms with van der Waals surface area (Å²) in [6.07, 6.45) is 5.38. The first-order chi connectivity index (χ1) is 9.22. The molecule has 0 saturated carbocycles. The zero-order valence-corrected chi connectivity index (χ0v) is 12.1. The summed E-state index contributed by atoms with van der Waals surface area (Å²) in [4.78, 5) is 10.9. The topological polar surface area (TPSA) is 50.3 Å². The molecule has 0 amide bonds. The highest BCUT2D eigenvalue weighted by Gasteiger charge is 2.19. The molecule has 19 heavy (non-hydrogen) atoms. The Morgan fingerprint density at radius 1 is 1.47 bits per heavy atom. The molecule has 1 aromatic rings. The number of rotatable bonds is 6. The van der Waals surface area contributed by atoms with Gasteiger partial charge in [0, 0.05) is 32.3 Å². The van der Waals surface area contributed by atoms with Gasteiger partial charge in [-0.15, -0.1) is 0 Å². The van der Waals surface area contributed by atoms with Crippen molar-refractivity contribution in [2.45, 2.75) is 39.2 Å². The predicted molar refractivity (Wildman–Crippen MR) is 77.8 cm³/mol. The summed E-state index contributed by atoms with van der Waals surface area (Å²) >= 11 is 0. The van der Waals surface area contributed by atoms with Gasteiger partial charge in [0.1, 0.15) is 18.0 Å². The molecule has 0 spiro atoms. The van der Waals surface area contributed by atoms with Crippen LogP contribution in [0.1, 0.15) is 31.7 Å². The number of anilines is 2. The van der Waals surface area contributed by atoms with Gasteiger partial charge < -0.3 is 15.0 Å². The molecule has 1 fully saturated rings. The van der Waals surface area contributed by atoms with E-state index in [2.05, 4.69) is 41.1 Å². The van der Waals surface area contributed by atoms with Crippen LogP contribution in [0.15, 0.2) is 6.33 Å². The van der Waals surface area contributed by atoms with E-state index in [0.29, 0.717) is 6.10 Å². The van der Waals surface area contributed by atoms with Crippen LogP contribution in [0, 0.1) is 6.92 Å². The molecule has 5 nitrogen and oxygen atoms in total. The minimum atomic E-state index is 0.339. The number of hydrogen-bond donors (Lipinski definition) is 1. The molecule has 1 aromatic heterocycles. The van der Waals surface area contributed by atoms with E-state index in [1.165, 1.54) is 6.42 Å². The molecule has 2 heterocycles. The minimum Gasteiger partial charge on any atom is -0.376 e. The number of hydrogen-bond acceptors (Lipinski definition) is 5. The number of ether oxygens (including phenoxy) is 1. The molecule has 1 aliphatic heterocycles. The van der Waals surface area contributed by atoms with Crippen LogP contribution in [0.3, 0.4) is 0 Å². The monoisotopic (exact) mass is 264 g/mol. The average Bonchev–Trinajstić information content (AvgIpc) is 2.90. The van der Waals surface area contributed by atoms with Gasteiger partial charge in [-0.3, -0.25) is 0 Å². The Hall–Kier alpha value is -1.36. The fourth-order valence-electron chi connectivity index (χ4n) is 2.43. The van der Waals surface area contributed by atoms with Crippen LogP contribution in [-0.2, 0) is 4.74 Å². The maximum atomic E-state index is 5.68. The Labute approximate surface area is 115 Å². The van der Waals surface area contributed by atoms with Gasteiger partial charge in [0.15, 0.2) is 0 Å². The van der Waals surface area contributed by atoms with E-state index < -0.39 is 0 Å². The van der Waals surface area contributed by atoms with Crippen LogP contribution in [-0.4, -0.2) is 42.8 Å². The first-order valence-electron chi connectivity index (χ1n) is 7.10. The highest BCUT2D eigenvalue weighted by Crippen LogP contribution is 2.23. The van der Waals surface area contributed by atoms with Crippen molar-refractivity contribution in [3.63, 3.8) is 0 Å². The lowest BCUT2D eigenvalue weighted by molar-refractivity contribution is 0.116. The van der Waals surface area contributed by atoms with Gasteiger partial charge >= 0.3 is 0 Å². The minimum absolute atomic E-state index is 0.339. The van der Waals surface area contributed by atoms with Crippen molar-refractivity contribution in [3.05, 3.63) is 11.9 Å². The summed E-state index contributed by atoms with van der Waals surface area (Å²) in [5, 5.41) is 3.34. The first-order valence-corrected chi connectivity index (χ1v) is 7.10. The third-order valence-corrected chi connectivity index (χ3v) is 3.46. The maximum absolute atomic E-state index is 5.68. The summed E-state index contributed by atoms with van der Waals surface area (Å²) in [5.41, 5.74) is 1.11. The number of nitrogens with zero attached hydrogens (tertiary/aromatic N) is 3. The molecule has 0 radical (unpaired) electrons. The van der Waals surface area contributed by atoms with Crippen LogP contribution in [0.25, 0.3) is 0 Å². The molecule has 2 rings (SSSR count). The van der Waals surface area contributed by atoms with E-state index in [1.807, 2.05) is 0 Å². The molecule has 1 N–H and O–H groups in total. The highest BCUT2D eigenvalue weighted by atomic mass is 16.5. The summed E-state index contributed by atoms with van der Waals surface area (Å²) in [7, 11) is 2.07. The van der Waals surface area contributed by atoms with Crippen molar-refractivity contribution in [2.75, 3.05) is 37.0 Å². The lowest BCUT2D eigenvalue weighted by Gasteiger charge is -2.24. The first kappa shape index (κ1) is 14.1. The number of aromatic nitrogens is 2. The molecule has 106 valence electrons. The van der Waals surface area contributed by atoms with Crippen molar-refractivity contribution in [1.29, 1.82) is 0 Å². The summed E-state index contributed by atoms with van der Waals surface area (Å²) in [5.74, 6) is 1.93. The smallest absolute Gasteiger partial charge is 0.136 e. The van der Waals surface area contributed by atoms with Gasteiger partial charge in [0.2, 0.25) is 0 Å². The Balaban J connectivity index is 2.05. The van der Waals surface area contributed by atoms with Crippen LogP contribution in [0.2, 0.25) is 0 Å². The molecule has 0 aliphatic carbocycles. The Morgan fingerprint density at radius 3 is 3.00 bits per heavy atom. The van der Waals surface area contributed by atoms with E-state index >= 15 is 0 Å². The van der Waals surface area contributed by atoms with Gasteiger partial charge in [-0.25, -0.2) is 9.97 Å². The molecule has 5 heteroatoms. The van der Waals surface area contributed by atoms with Crippen LogP contribution < -0.4 is 10.2 Å². The quantitative estimate of drug-likeness (QED) is 0.854. The Bertz CT molecular complexity index is 404. The van der Waals surface area contributed by atoms with Crippen LogP contribution in [0.4, 0.5) is 11.6 Å². The lowest BCUT2D eigenvalue weighted by atomic mass is 10.2. The third-order valence-electron chi connectivity index (χ3n) is 3.46. The predicted octanol–water partition coefficient (Wildman–Crippen LogP) is 2.22. The standard InChI is InChI=1S/C14H24N4O/c1-4-7-15-13-11(2)14(17-10-16-13)18(3)9-12-6-5-8-19-12/h10,12H,4-9H2,1-3H3,(H,15,16,17). The number of nitrogens with one attached hydrogen (secondary N) is 1. The third kappa shape index (κ3) is 3.56. The normalized spacial score (nSPS) is 18.6. The van der Waals surface area contributed by atoms with E-state index in [1.54, 1.807) is 6.33 Å². The fourth-order valence-corrected chi connectivity index (χ4v) is 2.43. The molecule has 1 unspecified atom stereocenters. The van der Waals surface area contributed by atoms with E-state index in [0.717, 1.165) is 49.7 Å². The van der Waals surface area contributed by atoms with E-state index in [9.17, 15) is 0 Å². The van der Waals surface area contributed by atoms with Crippen molar-refractivity contribution in [1.82, 2.24) is 9.97 Å². The van der Waals surface area contributed by atoms with Gasteiger partial charge in [0.05, 0.1) is 6.10 Å². The molecule has 1 saturated heterocycles. The van der Waals surface area contributed by atoms with Gasteiger partial charge in [0.25, 0.3) is 0 Å². The summed E-state index contributed by atoms with van der Waals surface area (Å²) in [6.45, 7) is 6.94. The zero-order valence-electron chi connectivity index (χ0n) is 12.1. The maximum Gasteiger partial charge on any atom is 0.136 e. The second kappa shape index (κ2) is 6.70. The summed E-state index contributed by atoms with van der Waals surface area (Å²) < 4.78 is 5.68. The summed E-state index contributed by atoms with van der Waals surface area (Å²) in [6, 6.07) is 0. The molecule has 0 aromatic carbocycles. The molecule has 1 atom stereocenters. The zero-order chi connectivity index (χ0) is 13.7. The van der Waals surface area contributed by atoms with Crippen LogP contribution >= 0.6 is 0 Å². The average molecular weight is 264 g/mol.